The molecule has 136 valence electrons. The molecule has 2 aromatic carbocycles. The van der Waals surface area contributed by atoms with Gasteiger partial charge in [0, 0.05) is 34.4 Å². The number of benzene rings is 2. The van der Waals surface area contributed by atoms with Crippen LogP contribution in [-0.4, -0.2) is 22.8 Å². The third-order valence-electron chi connectivity index (χ3n) is 4.02. The monoisotopic (exact) mass is 362 g/mol. The van der Waals surface area contributed by atoms with Gasteiger partial charge < -0.3 is 19.6 Å². The smallest absolute Gasteiger partial charge is 0.326 e. The van der Waals surface area contributed by atoms with Crippen LogP contribution in [0.1, 0.15) is 6.92 Å². The maximum atomic E-state index is 12.2. The second-order valence-electron chi connectivity index (χ2n) is 5.89. The van der Waals surface area contributed by atoms with Crippen LogP contribution in [0.15, 0.2) is 65.3 Å². The van der Waals surface area contributed by atoms with Crippen LogP contribution in [-0.2, 0) is 0 Å². The third-order valence-corrected chi connectivity index (χ3v) is 4.02. The van der Waals surface area contributed by atoms with Gasteiger partial charge in [0.25, 0.3) is 0 Å². The SMILES string of the molecule is CCOc1ccc(-c2cc(NC(=O)Nc3ccc4[nH]ccc4c3)on2)cc1. The first-order valence-electron chi connectivity index (χ1n) is 8.56. The van der Waals surface area contributed by atoms with E-state index in [9.17, 15) is 4.79 Å². The number of aromatic amines is 1. The van der Waals surface area contributed by atoms with E-state index in [4.69, 9.17) is 9.26 Å². The number of nitrogens with zero attached hydrogens (tertiary/aromatic N) is 1. The summed E-state index contributed by atoms with van der Waals surface area (Å²) in [5.74, 6) is 1.06. The van der Waals surface area contributed by atoms with Crippen LogP contribution < -0.4 is 15.4 Å². The first kappa shape index (κ1) is 16.7. The van der Waals surface area contributed by atoms with Crippen molar-refractivity contribution in [1.29, 1.82) is 0 Å². The lowest BCUT2D eigenvalue weighted by atomic mass is 10.1. The molecule has 0 saturated carbocycles. The van der Waals surface area contributed by atoms with E-state index >= 15 is 0 Å². The summed E-state index contributed by atoms with van der Waals surface area (Å²) in [6.07, 6.45) is 1.85. The molecule has 0 bridgehead atoms. The Kier molecular flexibility index (Phi) is 4.49. The van der Waals surface area contributed by atoms with Crippen LogP contribution in [0.5, 0.6) is 5.75 Å². The Morgan fingerprint density at radius 3 is 2.78 bits per heavy atom. The van der Waals surface area contributed by atoms with Crippen LogP contribution >= 0.6 is 0 Å². The summed E-state index contributed by atoms with van der Waals surface area (Å²) < 4.78 is 10.6. The first-order valence-corrected chi connectivity index (χ1v) is 8.56. The van der Waals surface area contributed by atoms with Crippen molar-refractivity contribution >= 4 is 28.5 Å². The average Bonchev–Trinajstić information content (AvgIpc) is 3.31. The van der Waals surface area contributed by atoms with Crippen molar-refractivity contribution in [1.82, 2.24) is 10.1 Å². The number of carbonyl (C=O) groups is 1. The van der Waals surface area contributed by atoms with Crippen LogP contribution in [0.2, 0.25) is 0 Å². The number of amides is 2. The standard InChI is InChI=1S/C20H18N4O3/c1-2-26-16-6-3-13(4-7-16)18-12-19(27-24-18)23-20(25)22-15-5-8-17-14(11-15)9-10-21-17/h3-12,21H,2H2,1H3,(H2,22,23,25). The Labute approximate surface area is 155 Å². The van der Waals surface area contributed by atoms with E-state index in [1.54, 1.807) is 6.07 Å². The summed E-state index contributed by atoms with van der Waals surface area (Å²) >= 11 is 0. The molecule has 0 aliphatic heterocycles. The number of fused-ring (bicyclic) bond motifs is 1. The Morgan fingerprint density at radius 2 is 1.96 bits per heavy atom. The summed E-state index contributed by atoms with van der Waals surface area (Å²) in [4.78, 5) is 15.3. The fourth-order valence-electron chi connectivity index (χ4n) is 2.76. The maximum absolute atomic E-state index is 12.2. The maximum Gasteiger partial charge on any atom is 0.326 e. The summed E-state index contributed by atoms with van der Waals surface area (Å²) in [6.45, 7) is 2.55. The van der Waals surface area contributed by atoms with E-state index < -0.39 is 6.03 Å². The van der Waals surface area contributed by atoms with Gasteiger partial charge in [0.15, 0.2) is 0 Å². The molecule has 2 aromatic heterocycles. The molecule has 0 radical (unpaired) electrons. The molecule has 2 amide bonds. The number of carbonyl (C=O) groups excluding carboxylic acids is 1. The highest BCUT2D eigenvalue weighted by molar-refractivity contribution is 6.00. The minimum Gasteiger partial charge on any atom is -0.494 e. The van der Waals surface area contributed by atoms with Gasteiger partial charge in [0.1, 0.15) is 11.4 Å². The Hall–Kier alpha value is -3.74. The normalized spacial score (nSPS) is 10.7. The van der Waals surface area contributed by atoms with Crippen molar-refractivity contribution in [2.45, 2.75) is 6.92 Å². The minimum absolute atomic E-state index is 0.263. The Bertz CT molecular complexity index is 1070. The zero-order valence-electron chi connectivity index (χ0n) is 14.7. The van der Waals surface area contributed by atoms with Crippen molar-refractivity contribution in [3.05, 3.63) is 60.8 Å². The molecule has 0 aliphatic rings. The van der Waals surface area contributed by atoms with Crippen LogP contribution in [0.3, 0.4) is 0 Å². The first-order chi connectivity index (χ1) is 13.2. The van der Waals surface area contributed by atoms with E-state index in [1.807, 2.05) is 61.7 Å². The van der Waals surface area contributed by atoms with E-state index in [0.29, 0.717) is 18.0 Å². The number of anilines is 2. The number of hydrogen-bond donors (Lipinski definition) is 3. The van der Waals surface area contributed by atoms with Crippen molar-refractivity contribution in [3.8, 4) is 17.0 Å². The van der Waals surface area contributed by atoms with E-state index in [1.165, 1.54) is 0 Å². The number of aromatic nitrogens is 2. The lowest BCUT2D eigenvalue weighted by molar-refractivity contribution is 0.261. The molecular weight excluding hydrogens is 344 g/mol. The number of H-pyrrole nitrogens is 1. The Balaban J connectivity index is 1.41. The lowest BCUT2D eigenvalue weighted by Gasteiger charge is -2.05. The van der Waals surface area contributed by atoms with Gasteiger partial charge in [-0.15, -0.1) is 0 Å². The molecule has 0 saturated heterocycles. The second-order valence-corrected chi connectivity index (χ2v) is 5.89. The zero-order valence-corrected chi connectivity index (χ0v) is 14.7. The molecule has 0 aliphatic carbocycles. The molecule has 4 rings (SSSR count). The van der Waals surface area contributed by atoms with Crippen LogP contribution in [0, 0.1) is 0 Å². The largest absolute Gasteiger partial charge is 0.494 e. The van der Waals surface area contributed by atoms with Crippen molar-refractivity contribution in [3.63, 3.8) is 0 Å². The topological polar surface area (TPSA) is 92.2 Å². The molecule has 0 unspecified atom stereocenters. The molecule has 27 heavy (non-hydrogen) atoms. The quantitative estimate of drug-likeness (QED) is 0.472. The van der Waals surface area contributed by atoms with E-state index in [-0.39, 0.29) is 5.88 Å². The van der Waals surface area contributed by atoms with Crippen molar-refractivity contribution in [2.24, 2.45) is 0 Å². The lowest BCUT2D eigenvalue weighted by Crippen LogP contribution is -2.18. The van der Waals surface area contributed by atoms with E-state index in [2.05, 4.69) is 20.8 Å². The van der Waals surface area contributed by atoms with Gasteiger partial charge in [-0.2, -0.15) is 0 Å². The van der Waals surface area contributed by atoms with Crippen molar-refractivity contribution < 1.29 is 14.1 Å². The highest BCUT2D eigenvalue weighted by Gasteiger charge is 2.10. The summed E-state index contributed by atoms with van der Waals surface area (Å²) in [5.41, 5.74) is 3.19. The fourth-order valence-corrected chi connectivity index (χ4v) is 2.76. The molecule has 0 atom stereocenters. The average molecular weight is 362 g/mol. The molecule has 0 spiro atoms. The van der Waals surface area contributed by atoms with Crippen molar-refractivity contribution in [2.75, 3.05) is 17.2 Å². The second kappa shape index (κ2) is 7.25. The molecule has 2 heterocycles. The van der Waals surface area contributed by atoms with Gasteiger partial charge in [0.05, 0.1) is 6.61 Å². The van der Waals surface area contributed by atoms with E-state index in [0.717, 1.165) is 22.2 Å². The number of rotatable bonds is 5. The highest BCUT2D eigenvalue weighted by Crippen LogP contribution is 2.24. The van der Waals surface area contributed by atoms with Gasteiger partial charge in [0.2, 0.25) is 5.88 Å². The van der Waals surface area contributed by atoms with Gasteiger partial charge in [-0.3, -0.25) is 5.32 Å². The fraction of sp³-hybridized carbons (Fsp3) is 0.100. The number of nitrogens with one attached hydrogen (secondary N) is 3. The number of ether oxygens (including phenoxy) is 1. The Morgan fingerprint density at radius 1 is 1.11 bits per heavy atom. The van der Waals surface area contributed by atoms with Gasteiger partial charge in [-0.05, 0) is 55.5 Å². The molecule has 0 fully saturated rings. The molecular formula is C20H18N4O3. The van der Waals surface area contributed by atoms with Crippen LogP contribution in [0.25, 0.3) is 22.2 Å². The van der Waals surface area contributed by atoms with Gasteiger partial charge >= 0.3 is 6.03 Å². The summed E-state index contributed by atoms with van der Waals surface area (Å²) in [5, 5.41) is 10.4. The molecule has 4 aromatic rings. The van der Waals surface area contributed by atoms with Gasteiger partial charge in [-0.25, -0.2) is 4.79 Å². The predicted molar refractivity (Wildman–Crippen MR) is 104 cm³/mol. The van der Waals surface area contributed by atoms with Crippen LogP contribution in [0.4, 0.5) is 16.4 Å². The summed E-state index contributed by atoms with van der Waals surface area (Å²) in [7, 11) is 0. The predicted octanol–water partition coefficient (Wildman–Crippen LogP) is 4.87. The summed E-state index contributed by atoms with van der Waals surface area (Å²) in [6, 6.07) is 16.3. The molecule has 7 heteroatoms. The zero-order chi connectivity index (χ0) is 18.6. The molecule has 3 N–H and O–H groups in total. The molecule has 7 nitrogen and oxygen atoms in total. The third kappa shape index (κ3) is 3.77. The minimum atomic E-state index is -0.403. The van der Waals surface area contributed by atoms with Gasteiger partial charge in [-0.1, -0.05) is 5.16 Å². The highest BCUT2D eigenvalue weighted by atomic mass is 16.5. The number of urea groups is 1. The number of hydrogen-bond acceptors (Lipinski definition) is 4.